The lowest BCUT2D eigenvalue weighted by Gasteiger charge is -2.15. The van der Waals surface area contributed by atoms with Gasteiger partial charge in [0.2, 0.25) is 0 Å². The molecule has 0 unspecified atom stereocenters. The van der Waals surface area contributed by atoms with Gasteiger partial charge in [0.1, 0.15) is 11.4 Å². The molecule has 0 spiro atoms. The number of nitrogens with one attached hydrogen (secondary N) is 1. The molecule has 1 saturated heterocycles. The van der Waals surface area contributed by atoms with Gasteiger partial charge in [-0.15, -0.1) is 13.2 Å². The maximum absolute atomic E-state index is 12.9. The first kappa shape index (κ1) is 22.4. The average Bonchev–Trinajstić information content (AvgIpc) is 2.97. The third-order valence-electron chi connectivity index (χ3n) is 4.09. The van der Waals surface area contributed by atoms with E-state index < -0.39 is 18.0 Å². The predicted octanol–water partition coefficient (Wildman–Crippen LogP) is 4.64. The highest BCUT2D eigenvalue weighted by molar-refractivity contribution is 7.80. The van der Waals surface area contributed by atoms with Crippen LogP contribution in [0.3, 0.4) is 0 Å². The van der Waals surface area contributed by atoms with E-state index in [0.717, 1.165) is 12.1 Å². The number of carbonyl (C=O) groups excluding carboxylic acids is 1. The number of anilines is 1. The second-order valence-corrected chi connectivity index (χ2v) is 6.63. The van der Waals surface area contributed by atoms with Gasteiger partial charge in [0.05, 0.1) is 18.9 Å². The highest BCUT2D eigenvalue weighted by Crippen LogP contribution is 2.31. The summed E-state index contributed by atoms with van der Waals surface area (Å²) >= 11 is 5.23. The maximum atomic E-state index is 12.9. The molecule has 1 N–H and O–H groups in total. The molecule has 2 aromatic rings. The zero-order valence-corrected chi connectivity index (χ0v) is 17.5. The lowest BCUT2D eigenvalue weighted by Crippen LogP contribution is -2.30. The average molecular weight is 452 g/mol. The molecule has 0 bridgehead atoms. The third-order valence-corrected chi connectivity index (χ3v) is 4.37. The fourth-order valence-corrected chi connectivity index (χ4v) is 3.19. The zero-order valence-electron chi connectivity index (χ0n) is 16.7. The molecule has 2 aromatic carbocycles. The van der Waals surface area contributed by atoms with Crippen molar-refractivity contribution in [2.75, 3.05) is 18.1 Å². The molecule has 0 aliphatic carbocycles. The molecular formula is C21H19F3N2O4S. The second kappa shape index (κ2) is 9.25. The highest BCUT2D eigenvalue weighted by atomic mass is 32.1. The fourth-order valence-electron chi connectivity index (χ4n) is 2.89. The van der Waals surface area contributed by atoms with E-state index in [0.29, 0.717) is 36.0 Å². The van der Waals surface area contributed by atoms with E-state index in [1.54, 1.807) is 24.3 Å². The lowest BCUT2D eigenvalue weighted by atomic mass is 10.1. The first-order chi connectivity index (χ1) is 14.7. The van der Waals surface area contributed by atoms with Crippen LogP contribution in [0, 0.1) is 0 Å². The summed E-state index contributed by atoms with van der Waals surface area (Å²) in [5, 5.41) is 2.94. The molecular weight excluding hydrogens is 433 g/mol. The minimum atomic E-state index is -4.80. The summed E-state index contributed by atoms with van der Waals surface area (Å²) < 4.78 is 52.0. The molecule has 10 heteroatoms. The Morgan fingerprint density at radius 3 is 2.29 bits per heavy atom. The minimum absolute atomic E-state index is 0.108. The van der Waals surface area contributed by atoms with Crippen LogP contribution < -0.4 is 24.4 Å². The van der Waals surface area contributed by atoms with E-state index in [1.807, 2.05) is 13.8 Å². The Morgan fingerprint density at radius 2 is 1.68 bits per heavy atom. The molecule has 3 rings (SSSR count). The number of nitrogens with zero attached hydrogens (tertiary/aromatic N) is 1. The Morgan fingerprint density at radius 1 is 1.03 bits per heavy atom. The second-order valence-electron chi connectivity index (χ2n) is 6.24. The molecule has 6 nitrogen and oxygen atoms in total. The van der Waals surface area contributed by atoms with Crippen LogP contribution in [0.1, 0.15) is 19.4 Å². The van der Waals surface area contributed by atoms with Gasteiger partial charge in [0.25, 0.3) is 5.91 Å². The van der Waals surface area contributed by atoms with Crippen LogP contribution in [0.15, 0.2) is 48.2 Å². The van der Waals surface area contributed by atoms with Crippen molar-refractivity contribution in [1.82, 2.24) is 5.32 Å². The lowest BCUT2D eigenvalue weighted by molar-refractivity contribution is -0.274. The van der Waals surface area contributed by atoms with Crippen molar-refractivity contribution < 1.29 is 32.2 Å². The van der Waals surface area contributed by atoms with Gasteiger partial charge in [-0.2, -0.15) is 0 Å². The van der Waals surface area contributed by atoms with Crippen molar-refractivity contribution in [3.05, 3.63) is 53.7 Å². The van der Waals surface area contributed by atoms with Crippen molar-refractivity contribution >= 4 is 35.0 Å². The summed E-state index contributed by atoms with van der Waals surface area (Å²) in [4.78, 5) is 14.0. The van der Waals surface area contributed by atoms with Crippen molar-refractivity contribution in [2.45, 2.75) is 20.2 Å². The van der Waals surface area contributed by atoms with Gasteiger partial charge < -0.3 is 19.5 Å². The molecule has 0 atom stereocenters. The van der Waals surface area contributed by atoms with Gasteiger partial charge >= 0.3 is 6.36 Å². The van der Waals surface area contributed by atoms with E-state index in [2.05, 4.69) is 10.1 Å². The number of hydrogen-bond donors (Lipinski definition) is 1. The van der Waals surface area contributed by atoms with Crippen LogP contribution in [-0.2, 0) is 4.79 Å². The van der Waals surface area contributed by atoms with E-state index in [1.165, 1.54) is 17.0 Å². The normalized spacial score (nSPS) is 15.3. The van der Waals surface area contributed by atoms with E-state index in [4.69, 9.17) is 21.7 Å². The minimum Gasteiger partial charge on any atom is -0.490 e. The molecule has 164 valence electrons. The Labute approximate surface area is 182 Å². The van der Waals surface area contributed by atoms with Gasteiger partial charge in [0.15, 0.2) is 16.6 Å². The van der Waals surface area contributed by atoms with Gasteiger partial charge in [-0.05, 0) is 74.1 Å². The molecule has 1 fully saturated rings. The van der Waals surface area contributed by atoms with Gasteiger partial charge in [-0.1, -0.05) is 6.07 Å². The molecule has 1 amide bonds. The SMILES string of the molecule is CCOc1ccc(/C=C2\NC(=S)N(c3ccc(OC(F)(F)F)cc3)C2=O)cc1OCC. The quantitative estimate of drug-likeness (QED) is 0.488. The summed E-state index contributed by atoms with van der Waals surface area (Å²) in [6.07, 6.45) is -3.19. The van der Waals surface area contributed by atoms with Gasteiger partial charge in [-0.25, -0.2) is 0 Å². The number of thiocarbonyl (C=S) groups is 1. The monoisotopic (exact) mass is 452 g/mol. The summed E-state index contributed by atoms with van der Waals surface area (Å²) in [5.41, 5.74) is 1.20. The molecule has 1 aliphatic heterocycles. The number of benzene rings is 2. The van der Waals surface area contributed by atoms with E-state index >= 15 is 0 Å². The summed E-state index contributed by atoms with van der Waals surface area (Å²) in [6, 6.07) is 10.1. The number of halogens is 3. The summed E-state index contributed by atoms with van der Waals surface area (Å²) in [5.74, 6) is 0.302. The van der Waals surface area contributed by atoms with Crippen molar-refractivity contribution in [2.24, 2.45) is 0 Å². The van der Waals surface area contributed by atoms with Crippen LogP contribution in [0.25, 0.3) is 6.08 Å². The smallest absolute Gasteiger partial charge is 0.490 e. The van der Waals surface area contributed by atoms with Crippen LogP contribution in [0.2, 0.25) is 0 Å². The Hall–Kier alpha value is -3.27. The number of ether oxygens (including phenoxy) is 3. The van der Waals surface area contributed by atoms with Crippen molar-refractivity contribution in [3.8, 4) is 17.2 Å². The largest absolute Gasteiger partial charge is 0.573 e. The van der Waals surface area contributed by atoms with Crippen molar-refractivity contribution in [1.29, 1.82) is 0 Å². The Kier molecular flexibility index (Phi) is 6.69. The number of carbonyl (C=O) groups is 1. The summed E-state index contributed by atoms with van der Waals surface area (Å²) in [7, 11) is 0. The topological polar surface area (TPSA) is 60.0 Å². The number of rotatable bonds is 7. The van der Waals surface area contributed by atoms with Gasteiger partial charge in [-0.3, -0.25) is 9.69 Å². The Balaban J connectivity index is 1.83. The third kappa shape index (κ3) is 5.46. The molecule has 0 saturated carbocycles. The first-order valence-corrected chi connectivity index (χ1v) is 9.75. The fraction of sp³-hybridized carbons (Fsp3) is 0.238. The molecule has 0 radical (unpaired) electrons. The summed E-state index contributed by atoms with van der Waals surface area (Å²) in [6.45, 7) is 4.65. The molecule has 1 heterocycles. The van der Waals surface area contributed by atoms with E-state index in [9.17, 15) is 18.0 Å². The maximum Gasteiger partial charge on any atom is 0.573 e. The van der Waals surface area contributed by atoms with Crippen LogP contribution in [-0.4, -0.2) is 30.6 Å². The molecule has 0 aromatic heterocycles. The Bertz CT molecular complexity index is 1010. The highest BCUT2D eigenvalue weighted by Gasteiger charge is 2.33. The van der Waals surface area contributed by atoms with Crippen LogP contribution in [0.4, 0.5) is 18.9 Å². The zero-order chi connectivity index (χ0) is 22.6. The number of alkyl halides is 3. The first-order valence-electron chi connectivity index (χ1n) is 9.34. The van der Waals surface area contributed by atoms with Gasteiger partial charge in [0, 0.05) is 0 Å². The van der Waals surface area contributed by atoms with Crippen LogP contribution in [0.5, 0.6) is 17.2 Å². The standard InChI is InChI=1S/C21H19F3N2O4S/c1-3-28-17-10-5-13(12-18(17)29-4-2)11-16-19(27)26(20(31)25-16)14-6-8-15(9-7-14)30-21(22,23)24/h5-12H,3-4H2,1-2H3,(H,25,31)/b16-11-. The molecule has 31 heavy (non-hydrogen) atoms. The van der Waals surface area contributed by atoms with E-state index in [-0.39, 0.29) is 10.8 Å². The predicted molar refractivity (Wildman–Crippen MR) is 113 cm³/mol. The van der Waals surface area contributed by atoms with Crippen molar-refractivity contribution in [3.63, 3.8) is 0 Å². The molecule has 1 aliphatic rings. The number of amides is 1. The number of hydrogen-bond acceptors (Lipinski definition) is 5. The van der Waals surface area contributed by atoms with Crippen LogP contribution >= 0.6 is 12.2 Å².